The molecule has 0 unspecified atom stereocenters. The molecule has 0 fully saturated rings. The summed E-state index contributed by atoms with van der Waals surface area (Å²) in [5.41, 5.74) is 2.07. The molecule has 1 aliphatic rings. The summed E-state index contributed by atoms with van der Waals surface area (Å²) in [6.07, 6.45) is 0.869. The van der Waals surface area contributed by atoms with E-state index in [2.05, 4.69) is 17.2 Å². The number of anilines is 1. The van der Waals surface area contributed by atoms with Crippen LogP contribution in [0, 0.1) is 0 Å². The van der Waals surface area contributed by atoms with Crippen molar-refractivity contribution in [2.24, 2.45) is 0 Å². The largest absolute Gasteiger partial charge is 0.466 e. The smallest absolute Gasteiger partial charge is 0.337 e. The normalized spacial score (nSPS) is 14.5. The Labute approximate surface area is 148 Å². The van der Waals surface area contributed by atoms with E-state index >= 15 is 0 Å². The second-order valence-electron chi connectivity index (χ2n) is 5.56. The van der Waals surface area contributed by atoms with Crippen molar-refractivity contribution >= 4 is 39.1 Å². The van der Waals surface area contributed by atoms with Gasteiger partial charge in [-0.05, 0) is 24.6 Å². The number of hydrogen-bond acceptors (Lipinski definition) is 7. The van der Waals surface area contributed by atoms with E-state index in [-0.39, 0.29) is 36.9 Å². The van der Waals surface area contributed by atoms with Crippen LogP contribution in [0.2, 0.25) is 0 Å². The summed E-state index contributed by atoms with van der Waals surface area (Å²) in [4.78, 5) is 30.4. The number of benzene rings is 1. The van der Waals surface area contributed by atoms with Gasteiger partial charge in [-0.2, -0.15) is 0 Å². The van der Waals surface area contributed by atoms with E-state index in [1.165, 1.54) is 12.0 Å². The van der Waals surface area contributed by atoms with Gasteiger partial charge in [0.25, 0.3) is 5.91 Å². The van der Waals surface area contributed by atoms with Crippen molar-refractivity contribution in [3.63, 3.8) is 0 Å². The van der Waals surface area contributed by atoms with Crippen LogP contribution in [0.4, 0.5) is 5.69 Å². The highest BCUT2D eigenvalue weighted by Gasteiger charge is 2.34. The van der Waals surface area contributed by atoms with Crippen molar-refractivity contribution in [1.29, 1.82) is 0 Å². The summed E-state index contributed by atoms with van der Waals surface area (Å²) < 4.78 is 5.79. The molecule has 1 aromatic heterocycles. The van der Waals surface area contributed by atoms with Gasteiger partial charge in [-0.3, -0.25) is 4.79 Å². The number of esters is 1. The van der Waals surface area contributed by atoms with Crippen molar-refractivity contribution in [1.82, 2.24) is 9.88 Å². The van der Waals surface area contributed by atoms with Gasteiger partial charge in [0.2, 0.25) is 0 Å². The van der Waals surface area contributed by atoms with Crippen LogP contribution in [0.3, 0.4) is 0 Å². The molecular formula is C17H19N3O4S. The van der Waals surface area contributed by atoms with Gasteiger partial charge >= 0.3 is 5.97 Å². The quantitative estimate of drug-likeness (QED) is 0.758. The summed E-state index contributed by atoms with van der Waals surface area (Å²) in [6, 6.07) is 5.62. The molecule has 0 spiro atoms. The van der Waals surface area contributed by atoms with Crippen LogP contribution in [-0.4, -0.2) is 53.7 Å². The molecule has 7 nitrogen and oxygen atoms in total. The number of amides is 1. The van der Waals surface area contributed by atoms with Crippen LogP contribution in [0.5, 0.6) is 0 Å². The molecule has 1 amide bonds. The van der Waals surface area contributed by atoms with Gasteiger partial charge in [-0.25, -0.2) is 9.78 Å². The predicted molar refractivity (Wildman–Crippen MR) is 95.3 cm³/mol. The molecule has 0 saturated heterocycles. The number of nitrogens with one attached hydrogen (secondary N) is 1. The fourth-order valence-electron chi connectivity index (χ4n) is 2.69. The average Bonchev–Trinajstić information content (AvgIpc) is 3.17. The van der Waals surface area contributed by atoms with E-state index in [4.69, 9.17) is 9.84 Å². The number of methoxy groups -OCH3 is 1. The molecule has 132 valence electrons. The Morgan fingerprint density at radius 2 is 2.28 bits per heavy atom. The summed E-state index contributed by atoms with van der Waals surface area (Å²) in [6.45, 7) is 2.17. The Kier molecular flexibility index (Phi) is 5.00. The number of carbonyl (C=O) groups excluding carboxylic acids is 2. The molecule has 1 aliphatic heterocycles. The van der Waals surface area contributed by atoms with Gasteiger partial charge in [-0.1, -0.05) is 6.92 Å². The van der Waals surface area contributed by atoms with Crippen LogP contribution in [0.25, 0.3) is 10.2 Å². The molecule has 8 heteroatoms. The molecule has 0 radical (unpaired) electrons. The van der Waals surface area contributed by atoms with Crippen molar-refractivity contribution < 1.29 is 19.4 Å². The zero-order valence-corrected chi connectivity index (χ0v) is 14.9. The number of nitrogens with zero attached hydrogens (tertiary/aromatic N) is 2. The number of ether oxygens (including phenoxy) is 1. The van der Waals surface area contributed by atoms with E-state index in [0.29, 0.717) is 5.69 Å². The van der Waals surface area contributed by atoms with E-state index in [1.807, 2.05) is 18.2 Å². The minimum atomic E-state index is -0.552. The molecule has 0 atom stereocenters. The zero-order valence-electron chi connectivity index (χ0n) is 14.0. The summed E-state index contributed by atoms with van der Waals surface area (Å²) in [7, 11) is 1.28. The van der Waals surface area contributed by atoms with Crippen LogP contribution < -0.4 is 5.32 Å². The maximum atomic E-state index is 12.5. The third-order valence-electron chi connectivity index (χ3n) is 3.96. The maximum absolute atomic E-state index is 12.5. The number of β-amino-alcohol motifs (C(OH)–C–C–N with tert-alkyl or cyclic N) is 1. The highest BCUT2D eigenvalue weighted by atomic mass is 32.1. The topological polar surface area (TPSA) is 91.8 Å². The number of hydrogen-bond donors (Lipinski definition) is 2. The summed E-state index contributed by atoms with van der Waals surface area (Å²) in [5.74, 6) is -0.878. The zero-order chi connectivity index (χ0) is 18.0. The van der Waals surface area contributed by atoms with E-state index in [0.717, 1.165) is 21.6 Å². The highest BCUT2D eigenvalue weighted by molar-refractivity contribution is 7.18. The highest BCUT2D eigenvalue weighted by Crippen LogP contribution is 2.28. The molecule has 0 saturated carbocycles. The number of thiazole rings is 1. The monoisotopic (exact) mass is 361 g/mol. The van der Waals surface area contributed by atoms with Crippen LogP contribution in [-0.2, 0) is 20.7 Å². The molecule has 1 aromatic carbocycles. The number of aryl methyl sites for hydroxylation is 1. The summed E-state index contributed by atoms with van der Waals surface area (Å²) >= 11 is 1.60. The first-order valence-corrected chi connectivity index (χ1v) is 8.77. The van der Waals surface area contributed by atoms with Crippen LogP contribution in [0.15, 0.2) is 29.5 Å². The molecule has 25 heavy (non-hydrogen) atoms. The number of fused-ring (bicyclic) bond motifs is 1. The SMILES string of the molecule is CCc1nc2ccc(NC3=C(C(=O)OC)CN(CCO)C3=O)cc2s1. The van der Waals surface area contributed by atoms with Crippen molar-refractivity contribution in [3.05, 3.63) is 34.5 Å². The molecule has 2 heterocycles. The minimum absolute atomic E-state index is 0.122. The lowest BCUT2D eigenvalue weighted by Gasteiger charge is -2.15. The molecule has 0 bridgehead atoms. The number of carbonyl (C=O) groups is 2. The Morgan fingerprint density at radius 1 is 1.48 bits per heavy atom. The van der Waals surface area contributed by atoms with Crippen LogP contribution >= 0.6 is 11.3 Å². The number of aliphatic hydroxyl groups is 1. The molecule has 3 rings (SSSR count). The lowest BCUT2D eigenvalue weighted by atomic mass is 10.2. The first-order chi connectivity index (χ1) is 12.1. The predicted octanol–water partition coefficient (Wildman–Crippen LogP) is 1.53. The van der Waals surface area contributed by atoms with Gasteiger partial charge < -0.3 is 20.1 Å². The van der Waals surface area contributed by atoms with Crippen molar-refractivity contribution in [2.45, 2.75) is 13.3 Å². The lowest BCUT2D eigenvalue weighted by Crippen LogP contribution is -2.31. The van der Waals surface area contributed by atoms with E-state index in [1.54, 1.807) is 11.3 Å². The molecule has 2 aromatic rings. The second kappa shape index (κ2) is 7.20. The Hall–Kier alpha value is -2.45. The van der Waals surface area contributed by atoms with Crippen molar-refractivity contribution in [2.75, 3.05) is 32.1 Å². The molecular weight excluding hydrogens is 342 g/mol. The Morgan fingerprint density at radius 3 is 2.96 bits per heavy atom. The van der Waals surface area contributed by atoms with Gasteiger partial charge in [-0.15, -0.1) is 11.3 Å². The number of aliphatic hydroxyl groups excluding tert-OH is 1. The third kappa shape index (κ3) is 3.35. The standard InChI is InChI=1S/C17H19N3O4S/c1-3-14-19-12-5-4-10(8-13(12)25-14)18-15-11(17(23)24-2)9-20(6-7-21)16(15)22/h4-5,8,18,21H,3,6-7,9H2,1-2H3. The number of aromatic nitrogens is 1. The Bertz CT molecular complexity index is 859. The average molecular weight is 361 g/mol. The van der Waals surface area contributed by atoms with Gasteiger partial charge in [0.1, 0.15) is 5.70 Å². The fourth-order valence-corrected chi connectivity index (χ4v) is 3.64. The van der Waals surface area contributed by atoms with Gasteiger partial charge in [0.15, 0.2) is 0 Å². The second-order valence-corrected chi connectivity index (χ2v) is 6.68. The minimum Gasteiger partial charge on any atom is -0.466 e. The van der Waals surface area contributed by atoms with E-state index in [9.17, 15) is 9.59 Å². The van der Waals surface area contributed by atoms with Gasteiger partial charge in [0.05, 0.1) is 41.1 Å². The van der Waals surface area contributed by atoms with E-state index < -0.39 is 5.97 Å². The molecule has 0 aliphatic carbocycles. The summed E-state index contributed by atoms with van der Waals surface area (Å²) in [5, 5.41) is 13.2. The van der Waals surface area contributed by atoms with Crippen molar-refractivity contribution in [3.8, 4) is 0 Å². The first kappa shape index (κ1) is 17.4. The molecule has 2 N–H and O–H groups in total. The van der Waals surface area contributed by atoms with Crippen LogP contribution in [0.1, 0.15) is 11.9 Å². The fraction of sp³-hybridized carbons (Fsp3) is 0.353. The van der Waals surface area contributed by atoms with Gasteiger partial charge in [0, 0.05) is 12.2 Å². The lowest BCUT2D eigenvalue weighted by molar-refractivity contribution is -0.136. The first-order valence-electron chi connectivity index (χ1n) is 7.95. The number of rotatable bonds is 6. The maximum Gasteiger partial charge on any atom is 0.337 e. The Balaban J connectivity index is 1.92. The third-order valence-corrected chi connectivity index (χ3v) is 5.12.